The van der Waals surface area contributed by atoms with Gasteiger partial charge in [-0.1, -0.05) is 103 Å². The van der Waals surface area contributed by atoms with E-state index in [4.69, 9.17) is 0 Å². The van der Waals surface area contributed by atoms with Gasteiger partial charge in [0.1, 0.15) is 0 Å². The Balaban J connectivity index is 1.20. The highest BCUT2D eigenvalue weighted by Gasteiger charge is 2.17. The molecular weight excluding hydrogens is 583 g/mol. The monoisotopic (exact) mass is 607 g/mol. The van der Waals surface area contributed by atoms with Gasteiger partial charge in [0.15, 0.2) is 0 Å². The molecule has 0 unspecified atom stereocenters. The summed E-state index contributed by atoms with van der Waals surface area (Å²) >= 11 is 3.74. The first-order valence-electron chi connectivity index (χ1n) is 15.3. The summed E-state index contributed by atoms with van der Waals surface area (Å²) in [5.41, 5.74) is 3.49. The van der Waals surface area contributed by atoms with Crippen molar-refractivity contribution in [1.29, 1.82) is 0 Å². The molecule has 0 N–H and O–H groups in total. The van der Waals surface area contributed by atoms with Crippen LogP contribution in [0.4, 0.5) is 17.1 Å². The van der Waals surface area contributed by atoms with Crippen molar-refractivity contribution in [2.75, 3.05) is 4.90 Å². The Morgan fingerprint density at radius 1 is 0.289 bits per heavy atom. The lowest BCUT2D eigenvalue weighted by atomic mass is 9.96. The molecule has 0 aliphatic rings. The Bertz CT molecular complexity index is 2670. The Morgan fingerprint density at radius 3 is 1.33 bits per heavy atom. The van der Waals surface area contributed by atoms with Gasteiger partial charge in [-0.3, -0.25) is 0 Å². The van der Waals surface area contributed by atoms with Crippen LogP contribution in [0.1, 0.15) is 0 Å². The van der Waals surface area contributed by atoms with E-state index in [1.165, 1.54) is 84.0 Å². The van der Waals surface area contributed by atoms with Gasteiger partial charge in [0, 0.05) is 57.4 Å². The fourth-order valence-corrected chi connectivity index (χ4v) is 9.39. The van der Waals surface area contributed by atoms with Crippen molar-refractivity contribution in [3.05, 3.63) is 152 Å². The van der Waals surface area contributed by atoms with Gasteiger partial charge in [0.2, 0.25) is 0 Å². The van der Waals surface area contributed by atoms with Gasteiger partial charge in [-0.2, -0.15) is 0 Å². The van der Waals surface area contributed by atoms with Crippen LogP contribution >= 0.6 is 22.7 Å². The maximum atomic E-state index is 2.43. The number of rotatable bonds is 3. The van der Waals surface area contributed by atoms with Crippen LogP contribution in [0, 0.1) is 0 Å². The van der Waals surface area contributed by atoms with Crippen molar-refractivity contribution in [3.63, 3.8) is 0 Å². The van der Waals surface area contributed by atoms with Gasteiger partial charge in [0.05, 0.1) is 0 Å². The fraction of sp³-hybridized carbons (Fsp3) is 0. The summed E-state index contributed by atoms with van der Waals surface area (Å²) in [6, 6.07) is 56.1. The van der Waals surface area contributed by atoms with Crippen LogP contribution in [-0.2, 0) is 0 Å². The highest BCUT2D eigenvalue weighted by molar-refractivity contribution is 7.26. The highest BCUT2D eigenvalue weighted by Crippen LogP contribution is 2.44. The normalized spacial score (nSPS) is 12.0. The molecule has 2 heterocycles. The summed E-state index contributed by atoms with van der Waals surface area (Å²) < 4.78 is 5.27. The van der Waals surface area contributed by atoms with Crippen molar-refractivity contribution in [1.82, 2.24) is 0 Å². The Hall–Kier alpha value is -5.22. The third-order valence-electron chi connectivity index (χ3n) is 9.22. The third kappa shape index (κ3) is 3.85. The van der Waals surface area contributed by atoms with Gasteiger partial charge < -0.3 is 4.90 Å². The van der Waals surface area contributed by atoms with Crippen molar-refractivity contribution in [3.8, 4) is 0 Å². The van der Waals surface area contributed by atoms with Crippen LogP contribution < -0.4 is 4.90 Å². The van der Waals surface area contributed by atoms with Crippen LogP contribution in [0.15, 0.2) is 152 Å². The zero-order valence-corrected chi connectivity index (χ0v) is 25.8. The van der Waals surface area contributed by atoms with E-state index in [-0.39, 0.29) is 0 Å². The highest BCUT2D eigenvalue weighted by atomic mass is 32.1. The molecule has 1 nitrogen and oxygen atoms in total. The topological polar surface area (TPSA) is 3.24 Å². The van der Waals surface area contributed by atoms with E-state index in [0.29, 0.717) is 0 Å². The lowest BCUT2D eigenvalue weighted by Gasteiger charge is -2.26. The second kappa shape index (κ2) is 9.64. The van der Waals surface area contributed by atoms with Crippen LogP contribution in [0.5, 0.6) is 0 Å². The summed E-state index contributed by atoms with van der Waals surface area (Å²) in [5.74, 6) is 0. The van der Waals surface area contributed by atoms with E-state index in [1.807, 2.05) is 22.7 Å². The SMILES string of the molecule is c1ccc2c(c1)ccc1c3ccc(N(c4ccc5c(c4)sc4ccccc45)c4ccc5c(c4)sc4ccccc45)cc3ccc21. The predicted molar refractivity (Wildman–Crippen MR) is 199 cm³/mol. The van der Waals surface area contributed by atoms with Gasteiger partial charge in [-0.05, 0) is 80.8 Å². The van der Waals surface area contributed by atoms with Crippen LogP contribution in [0.25, 0.3) is 72.7 Å². The second-order valence-corrected chi connectivity index (χ2v) is 13.9. The van der Waals surface area contributed by atoms with E-state index in [2.05, 4.69) is 157 Å². The fourth-order valence-electron chi connectivity index (χ4n) is 7.11. The molecule has 3 heteroatoms. The molecule has 0 bridgehead atoms. The zero-order valence-electron chi connectivity index (χ0n) is 24.2. The predicted octanol–water partition coefficient (Wildman–Crippen LogP) is 13.4. The minimum absolute atomic E-state index is 1.16. The molecule has 10 aromatic rings. The number of hydrogen-bond donors (Lipinski definition) is 0. The lowest BCUT2D eigenvalue weighted by Crippen LogP contribution is -2.09. The molecular formula is C42H25NS2. The average Bonchev–Trinajstić information content (AvgIpc) is 3.65. The van der Waals surface area contributed by atoms with Crippen molar-refractivity contribution < 1.29 is 0 Å². The van der Waals surface area contributed by atoms with Crippen LogP contribution in [0.2, 0.25) is 0 Å². The molecule has 0 saturated carbocycles. The van der Waals surface area contributed by atoms with Crippen molar-refractivity contribution in [2.24, 2.45) is 0 Å². The first kappa shape index (κ1) is 25.1. The molecule has 0 amide bonds. The molecule has 8 aromatic carbocycles. The average molecular weight is 608 g/mol. The molecule has 0 spiro atoms. The van der Waals surface area contributed by atoms with Gasteiger partial charge in [-0.15, -0.1) is 22.7 Å². The molecule has 0 saturated heterocycles. The van der Waals surface area contributed by atoms with Crippen LogP contribution in [0.3, 0.4) is 0 Å². The standard InChI is InChI=1S/C42H25NS2/c1-2-8-31-26(7-1)13-18-34-32-20-15-28(23-27(32)14-19-33(31)34)43(29-16-21-37-35-9-3-5-11-39(35)44-41(37)24-29)30-17-22-38-36-10-4-6-12-40(36)45-42(38)25-30/h1-25H. The van der Waals surface area contributed by atoms with Gasteiger partial charge in [0.25, 0.3) is 0 Å². The Kier molecular flexibility index (Phi) is 5.39. The smallest absolute Gasteiger partial charge is 0.0476 e. The quantitative estimate of drug-likeness (QED) is 0.181. The first-order chi connectivity index (χ1) is 22.3. The summed E-state index contributed by atoms with van der Waals surface area (Å²) in [5, 5.41) is 13.0. The second-order valence-electron chi connectivity index (χ2n) is 11.7. The molecule has 10 rings (SSSR count). The Labute approximate surface area is 267 Å². The number of hydrogen-bond acceptors (Lipinski definition) is 3. The van der Waals surface area contributed by atoms with E-state index in [0.717, 1.165) is 5.69 Å². The molecule has 0 aliphatic carbocycles. The number of fused-ring (bicyclic) bond motifs is 11. The maximum Gasteiger partial charge on any atom is 0.0476 e. The lowest BCUT2D eigenvalue weighted by molar-refractivity contribution is 1.30. The summed E-state index contributed by atoms with van der Waals surface area (Å²) in [7, 11) is 0. The minimum atomic E-state index is 1.16. The van der Waals surface area contributed by atoms with E-state index in [9.17, 15) is 0 Å². The number of benzene rings is 8. The van der Waals surface area contributed by atoms with Crippen molar-refractivity contribution in [2.45, 2.75) is 0 Å². The summed E-state index contributed by atoms with van der Waals surface area (Å²) in [4.78, 5) is 2.43. The molecule has 0 aliphatic heterocycles. The van der Waals surface area contributed by atoms with E-state index in [1.54, 1.807) is 0 Å². The molecule has 210 valence electrons. The number of thiophene rings is 2. The largest absolute Gasteiger partial charge is 0.310 e. The molecule has 2 aromatic heterocycles. The Morgan fingerprint density at radius 2 is 0.711 bits per heavy atom. The zero-order chi connectivity index (χ0) is 29.5. The van der Waals surface area contributed by atoms with E-state index < -0.39 is 0 Å². The molecule has 45 heavy (non-hydrogen) atoms. The van der Waals surface area contributed by atoms with E-state index >= 15 is 0 Å². The number of anilines is 3. The summed E-state index contributed by atoms with van der Waals surface area (Å²) in [6.45, 7) is 0. The third-order valence-corrected chi connectivity index (χ3v) is 11.5. The minimum Gasteiger partial charge on any atom is -0.310 e. The molecule has 0 radical (unpaired) electrons. The maximum absolute atomic E-state index is 2.43. The van der Waals surface area contributed by atoms with Crippen molar-refractivity contribution >= 4 is 112 Å². The van der Waals surface area contributed by atoms with Gasteiger partial charge in [-0.25, -0.2) is 0 Å². The number of nitrogens with zero attached hydrogens (tertiary/aromatic N) is 1. The molecule has 0 fully saturated rings. The van der Waals surface area contributed by atoms with Crippen LogP contribution in [-0.4, -0.2) is 0 Å². The molecule has 0 atom stereocenters. The summed E-state index contributed by atoms with van der Waals surface area (Å²) in [6.07, 6.45) is 0. The first-order valence-corrected chi connectivity index (χ1v) is 16.9. The van der Waals surface area contributed by atoms with Gasteiger partial charge >= 0.3 is 0 Å².